The normalized spacial score (nSPS) is 16.4. The van der Waals surface area contributed by atoms with Crippen LogP contribution in [0.2, 0.25) is 5.02 Å². The van der Waals surface area contributed by atoms with Crippen molar-refractivity contribution in [2.24, 2.45) is 5.92 Å². The van der Waals surface area contributed by atoms with E-state index in [0.717, 1.165) is 18.4 Å². The van der Waals surface area contributed by atoms with Crippen molar-refractivity contribution in [1.82, 2.24) is 10.2 Å². The van der Waals surface area contributed by atoms with Crippen molar-refractivity contribution in [3.63, 3.8) is 0 Å². The van der Waals surface area contributed by atoms with E-state index in [1.54, 1.807) is 20.9 Å². The molecule has 2 rings (SSSR count). The maximum atomic E-state index is 12.3. The Hall–Kier alpha value is -1.26. The predicted octanol–water partition coefficient (Wildman–Crippen LogP) is 3.20. The molecule has 0 aromatic heterocycles. The number of carbonyl (C=O) groups excluding carboxylic acids is 1. The van der Waals surface area contributed by atoms with E-state index in [0.29, 0.717) is 10.9 Å². The first-order valence-corrected chi connectivity index (χ1v) is 7.63. The molecule has 1 aromatic carbocycles. The highest BCUT2D eigenvalue weighted by Gasteiger charge is 2.34. The van der Waals surface area contributed by atoms with Crippen molar-refractivity contribution in [3.8, 4) is 0 Å². The number of likely N-dealkylation sites (N-methyl/N-ethyl adjacent to an activating group) is 1. The van der Waals surface area contributed by atoms with E-state index in [1.807, 2.05) is 24.3 Å². The van der Waals surface area contributed by atoms with E-state index in [1.165, 1.54) is 4.90 Å². The van der Waals surface area contributed by atoms with Gasteiger partial charge in [0.2, 0.25) is 0 Å². The number of nitrogens with zero attached hydrogens (tertiary/aromatic N) is 1. The summed E-state index contributed by atoms with van der Waals surface area (Å²) in [4.78, 5) is 13.8. The minimum Gasteiger partial charge on any atom is -0.389 e. The minimum atomic E-state index is -0.901. The quantitative estimate of drug-likeness (QED) is 0.877. The summed E-state index contributed by atoms with van der Waals surface area (Å²) in [5.41, 5.74) is 0.174. The molecule has 21 heavy (non-hydrogen) atoms. The number of urea groups is 1. The molecule has 2 N–H and O–H groups in total. The van der Waals surface area contributed by atoms with Gasteiger partial charge in [0.1, 0.15) is 0 Å². The number of hydrogen-bond acceptors (Lipinski definition) is 2. The zero-order valence-corrected chi connectivity index (χ0v) is 13.5. The molecule has 2 amide bonds. The van der Waals surface area contributed by atoms with Crippen LogP contribution in [0.15, 0.2) is 24.3 Å². The highest BCUT2D eigenvalue weighted by Crippen LogP contribution is 2.41. The maximum Gasteiger partial charge on any atom is 0.317 e. The van der Waals surface area contributed by atoms with Crippen molar-refractivity contribution in [3.05, 3.63) is 34.9 Å². The first-order valence-electron chi connectivity index (χ1n) is 7.26. The fourth-order valence-electron chi connectivity index (χ4n) is 2.47. The highest BCUT2D eigenvalue weighted by atomic mass is 35.5. The topological polar surface area (TPSA) is 52.6 Å². The molecule has 116 valence electrons. The SMILES string of the molecule is CN(CC(C)(C)O)C(=O)NC(c1ccc(Cl)cc1)C1CC1. The number of aliphatic hydroxyl groups is 1. The van der Waals surface area contributed by atoms with Crippen molar-refractivity contribution in [1.29, 1.82) is 0 Å². The van der Waals surface area contributed by atoms with Crippen LogP contribution in [0.25, 0.3) is 0 Å². The van der Waals surface area contributed by atoms with E-state index in [-0.39, 0.29) is 18.6 Å². The Morgan fingerprint density at radius 3 is 2.48 bits per heavy atom. The van der Waals surface area contributed by atoms with E-state index in [4.69, 9.17) is 11.6 Å². The van der Waals surface area contributed by atoms with Crippen molar-refractivity contribution in [2.75, 3.05) is 13.6 Å². The summed E-state index contributed by atoms with van der Waals surface area (Å²) in [7, 11) is 1.69. The molecular formula is C16H23ClN2O2. The van der Waals surface area contributed by atoms with Crippen molar-refractivity contribution in [2.45, 2.75) is 38.3 Å². The zero-order valence-electron chi connectivity index (χ0n) is 12.8. The van der Waals surface area contributed by atoms with Gasteiger partial charge in [-0.1, -0.05) is 23.7 Å². The van der Waals surface area contributed by atoms with Crippen LogP contribution >= 0.6 is 11.6 Å². The van der Waals surface area contributed by atoms with Gasteiger partial charge in [0.05, 0.1) is 18.2 Å². The van der Waals surface area contributed by atoms with Gasteiger partial charge in [-0.05, 0) is 50.3 Å². The Morgan fingerprint density at radius 1 is 1.43 bits per heavy atom. The standard InChI is InChI=1S/C16H23ClN2O2/c1-16(2,21)10-19(3)15(20)18-14(11-4-5-11)12-6-8-13(17)9-7-12/h6-9,11,14,21H,4-5,10H2,1-3H3,(H,18,20). The van der Waals surface area contributed by atoms with Gasteiger partial charge in [-0.3, -0.25) is 0 Å². The van der Waals surface area contributed by atoms with Crippen molar-refractivity contribution >= 4 is 17.6 Å². The molecule has 0 heterocycles. The smallest absolute Gasteiger partial charge is 0.317 e. The van der Waals surface area contributed by atoms with Crippen LogP contribution in [0, 0.1) is 5.92 Å². The fraction of sp³-hybridized carbons (Fsp3) is 0.562. The van der Waals surface area contributed by atoms with Crippen LogP contribution in [0.5, 0.6) is 0 Å². The van der Waals surface area contributed by atoms with Crippen LogP contribution in [-0.2, 0) is 0 Å². The van der Waals surface area contributed by atoms with E-state index >= 15 is 0 Å². The zero-order chi connectivity index (χ0) is 15.6. The average molecular weight is 311 g/mol. The number of carbonyl (C=O) groups is 1. The van der Waals surface area contributed by atoms with Gasteiger partial charge >= 0.3 is 6.03 Å². The molecule has 0 radical (unpaired) electrons. The molecule has 0 aliphatic heterocycles. The lowest BCUT2D eigenvalue weighted by molar-refractivity contribution is 0.0526. The van der Waals surface area contributed by atoms with Crippen LogP contribution in [-0.4, -0.2) is 35.2 Å². The second-order valence-corrected chi connectivity index (χ2v) is 6.92. The van der Waals surface area contributed by atoms with Gasteiger partial charge in [-0.25, -0.2) is 4.79 Å². The lowest BCUT2D eigenvalue weighted by Gasteiger charge is -2.28. The second kappa shape index (κ2) is 6.24. The Balaban J connectivity index is 2.03. The third-order valence-electron chi connectivity index (χ3n) is 3.57. The Bertz CT molecular complexity index is 492. The average Bonchev–Trinajstić information content (AvgIpc) is 3.19. The molecule has 1 fully saturated rings. The minimum absolute atomic E-state index is 0.0130. The first kappa shape index (κ1) is 16.1. The number of halogens is 1. The van der Waals surface area contributed by atoms with Crippen molar-refractivity contribution < 1.29 is 9.90 Å². The third-order valence-corrected chi connectivity index (χ3v) is 3.82. The van der Waals surface area contributed by atoms with E-state index < -0.39 is 5.60 Å². The number of rotatable bonds is 5. The Labute approximate surface area is 131 Å². The molecule has 0 bridgehead atoms. The number of amides is 2. The monoisotopic (exact) mass is 310 g/mol. The molecule has 4 nitrogen and oxygen atoms in total. The second-order valence-electron chi connectivity index (χ2n) is 6.48. The summed E-state index contributed by atoms with van der Waals surface area (Å²) < 4.78 is 0. The molecule has 0 saturated heterocycles. The Morgan fingerprint density at radius 2 is 2.00 bits per heavy atom. The molecule has 0 spiro atoms. The summed E-state index contributed by atoms with van der Waals surface area (Å²) in [5, 5.41) is 13.6. The molecule has 1 unspecified atom stereocenters. The summed E-state index contributed by atoms with van der Waals surface area (Å²) >= 11 is 5.92. The predicted molar refractivity (Wildman–Crippen MR) is 84.4 cm³/mol. The lowest BCUT2D eigenvalue weighted by atomic mass is 10.0. The third kappa shape index (κ3) is 4.90. The number of benzene rings is 1. The van der Waals surface area contributed by atoms with Crippen LogP contribution in [0.1, 0.15) is 38.3 Å². The van der Waals surface area contributed by atoms with Crippen LogP contribution < -0.4 is 5.32 Å². The van der Waals surface area contributed by atoms with Gasteiger partial charge < -0.3 is 15.3 Å². The van der Waals surface area contributed by atoms with Gasteiger partial charge in [0.15, 0.2) is 0 Å². The summed E-state index contributed by atoms with van der Waals surface area (Å²) in [5.74, 6) is 0.491. The van der Waals surface area contributed by atoms with Gasteiger partial charge in [0, 0.05) is 12.1 Å². The first-order chi connectivity index (χ1) is 9.76. The summed E-state index contributed by atoms with van der Waals surface area (Å²) in [6, 6.07) is 7.46. The van der Waals surface area contributed by atoms with E-state index in [9.17, 15) is 9.90 Å². The van der Waals surface area contributed by atoms with Gasteiger partial charge in [-0.15, -0.1) is 0 Å². The molecule has 1 atom stereocenters. The number of nitrogens with one attached hydrogen (secondary N) is 1. The molecular weight excluding hydrogens is 288 g/mol. The van der Waals surface area contributed by atoms with Crippen LogP contribution in [0.3, 0.4) is 0 Å². The molecule has 1 saturated carbocycles. The Kier molecular flexibility index (Phi) is 4.79. The van der Waals surface area contributed by atoms with Gasteiger partial charge in [0.25, 0.3) is 0 Å². The molecule has 1 aromatic rings. The summed E-state index contributed by atoms with van der Waals surface area (Å²) in [6.45, 7) is 3.67. The van der Waals surface area contributed by atoms with E-state index in [2.05, 4.69) is 5.32 Å². The summed E-state index contributed by atoms with van der Waals surface area (Å²) in [6.07, 6.45) is 2.26. The van der Waals surface area contributed by atoms with Crippen LogP contribution in [0.4, 0.5) is 4.79 Å². The number of hydrogen-bond donors (Lipinski definition) is 2. The maximum absolute atomic E-state index is 12.3. The fourth-order valence-corrected chi connectivity index (χ4v) is 2.59. The molecule has 5 heteroatoms. The molecule has 1 aliphatic rings. The molecule has 1 aliphatic carbocycles. The van der Waals surface area contributed by atoms with Gasteiger partial charge in [-0.2, -0.15) is 0 Å². The highest BCUT2D eigenvalue weighted by molar-refractivity contribution is 6.30. The lowest BCUT2D eigenvalue weighted by Crippen LogP contribution is -2.46. The largest absolute Gasteiger partial charge is 0.389 e.